The summed E-state index contributed by atoms with van der Waals surface area (Å²) in [6.07, 6.45) is 6.69. The molecule has 1 aliphatic rings. The summed E-state index contributed by atoms with van der Waals surface area (Å²) in [7, 11) is 1.70. The van der Waals surface area contributed by atoms with Gasteiger partial charge in [0.2, 0.25) is 0 Å². The van der Waals surface area contributed by atoms with Crippen molar-refractivity contribution in [1.29, 1.82) is 0 Å². The molecule has 94 valence electrons. The van der Waals surface area contributed by atoms with Crippen LogP contribution in [-0.4, -0.2) is 13.2 Å². The highest BCUT2D eigenvalue weighted by Gasteiger charge is 2.13. The molecule has 0 aliphatic heterocycles. The van der Waals surface area contributed by atoms with Crippen LogP contribution in [0.15, 0.2) is 18.2 Å². The molecule has 1 aromatic carbocycles. The number of ether oxygens (including phenoxy) is 1. The van der Waals surface area contributed by atoms with Crippen LogP contribution in [0.2, 0.25) is 0 Å². The molecule has 0 spiro atoms. The van der Waals surface area contributed by atoms with Crippen LogP contribution in [-0.2, 0) is 6.54 Å². The fraction of sp³-hybridized carbons (Fsp3) is 0.571. The largest absolute Gasteiger partial charge is 0.496 e. The molecular weight excluding hydrogens is 212 g/mol. The number of methoxy groups -OCH3 is 1. The van der Waals surface area contributed by atoms with Crippen LogP contribution < -0.4 is 15.8 Å². The molecule has 3 nitrogen and oxygen atoms in total. The lowest BCUT2D eigenvalue weighted by Crippen LogP contribution is -2.30. The minimum Gasteiger partial charge on any atom is -0.496 e. The van der Waals surface area contributed by atoms with Crippen LogP contribution in [0.25, 0.3) is 0 Å². The lowest BCUT2D eigenvalue weighted by molar-refractivity contribution is 0.365. The van der Waals surface area contributed by atoms with Crippen molar-refractivity contribution in [3.05, 3.63) is 23.8 Å². The zero-order valence-electron chi connectivity index (χ0n) is 10.5. The van der Waals surface area contributed by atoms with E-state index in [1.807, 2.05) is 18.2 Å². The summed E-state index contributed by atoms with van der Waals surface area (Å²) in [6.45, 7) is 0.846. The van der Waals surface area contributed by atoms with Crippen LogP contribution in [0, 0.1) is 0 Å². The Morgan fingerprint density at radius 3 is 2.76 bits per heavy atom. The molecule has 0 atom stereocenters. The van der Waals surface area contributed by atoms with Gasteiger partial charge in [0.1, 0.15) is 5.75 Å². The van der Waals surface area contributed by atoms with E-state index in [2.05, 4.69) is 5.32 Å². The van der Waals surface area contributed by atoms with E-state index < -0.39 is 0 Å². The van der Waals surface area contributed by atoms with Crippen LogP contribution in [0.3, 0.4) is 0 Å². The van der Waals surface area contributed by atoms with Crippen LogP contribution in [0.1, 0.15) is 37.7 Å². The second-order valence-electron chi connectivity index (χ2n) is 4.79. The van der Waals surface area contributed by atoms with E-state index in [1.54, 1.807) is 7.11 Å². The van der Waals surface area contributed by atoms with E-state index in [-0.39, 0.29) is 0 Å². The Balaban J connectivity index is 1.95. The Morgan fingerprint density at radius 2 is 2.06 bits per heavy atom. The standard InChI is InChI=1S/C14H22N2O/c1-17-14-8-7-12(15)9-11(14)10-16-13-5-3-2-4-6-13/h7-9,13,16H,2-6,10,15H2,1H3. The summed E-state index contributed by atoms with van der Waals surface area (Å²) in [5.74, 6) is 0.919. The van der Waals surface area contributed by atoms with Crippen molar-refractivity contribution in [3.8, 4) is 5.75 Å². The smallest absolute Gasteiger partial charge is 0.123 e. The second kappa shape index (κ2) is 5.92. The fourth-order valence-corrected chi connectivity index (χ4v) is 2.50. The first kappa shape index (κ1) is 12.2. The molecule has 3 heteroatoms. The van der Waals surface area contributed by atoms with Crippen molar-refractivity contribution in [2.24, 2.45) is 0 Å². The van der Waals surface area contributed by atoms with E-state index in [4.69, 9.17) is 10.5 Å². The van der Waals surface area contributed by atoms with Gasteiger partial charge in [-0.3, -0.25) is 0 Å². The van der Waals surface area contributed by atoms with Gasteiger partial charge in [0.05, 0.1) is 7.11 Å². The Hall–Kier alpha value is -1.22. The number of nitrogens with one attached hydrogen (secondary N) is 1. The maximum atomic E-state index is 5.81. The molecule has 1 aliphatic carbocycles. The molecule has 0 radical (unpaired) electrons. The second-order valence-corrected chi connectivity index (χ2v) is 4.79. The number of anilines is 1. The molecular formula is C14H22N2O. The SMILES string of the molecule is COc1ccc(N)cc1CNC1CCCCC1. The molecule has 0 amide bonds. The summed E-state index contributed by atoms with van der Waals surface area (Å²) in [6, 6.07) is 6.47. The molecule has 0 bridgehead atoms. The highest BCUT2D eigenvalue weighted by atomic mass is 16.5. The Bertz CT molecular complexity index is 359. The van der Waals surface area contributed by atoms with Gasteiger partial charge < -0.3 is 15.8 Å². The number of benzene rings is 1. The minimum absolute atomic E-state index is 0.662. The maximum Gasteiger partial charge on any atom is 0.123 e. The van der Waals surface area contributed by atoms with Crippen molar-refractivity contribution < 1.29 is 4.74 Å². The third-order valence-electron chi connectivity index (χ3n) is 3.49. The molecule has 0 heterocycles. The molecule has 0 saturated heterocycles. The predicted octanol–water partition coefficient (Wildman–Crippen LogP) is 2.70. The summed E-state index contributed by atoms with van der Waals surface area (Å²) in [5, 5.41) is 3.60. The van der Waals surface area contributed by atoms with Gasteiger partial charge in [0.15, 0.2) is 0 Å². The van der Waals surface area contributed by atoms with Crippen LogP contribution in [0.4, 0.5) is 5.69 Å². The molecule has 3 N–H and O–H groups in total. The van der Waals surface area contributed by atoms with Crippen molar-refractivity contribution in [2.75, 3.05) is 12.8 Å². The first-order chi connectivity index (χ1) is 8.29. The predicted molar refractivity (Wildman–Crippen MR) is 71.1 cm³/mol. The van der Waals surface area contributed by atoms with Crippen molar-refractivity contribution in [1.82, 2.24) is 5.32 Å². The summed E-state index contributed by atoms with van der Waals surface area (Å²) >= 11 is 0. The van der Waals surface area contributed by atoms with Gasteiger partial charge in [-0.15, -0.1) is 0 Å². The number of rotatable bonds is 4. The Labute approximate surface area is 103 Å². The number of hydrogen-bond acceptors (Lipinski definition) is 3. The average Bonchev–Trinajstić information content (AvgIpc) is 2.38. The number of hydrogen-bond donors (Lipinski definition) is 2. The highest BCUT2D eigenvalue weighted by molar-refractivity contribution is 5.47. The molecule has 0 unspecified atom stereocenters. The van der Waals surface area contributed by atoms with Crippen molar-refractivity contribution >= 4 is 5.69 Å². The van der Waals surface area contributed by atoms with Gasteiger partial charge in [-0.2, -0.15) is 0 Å². The topological polar surface area (TPSA) is 47.3 Å². The van der Waals surface area contributed by atoms with E-state index in [1.165, 1.54) is 32.1 Å². The van der Waals surface area contributed by atoms with Gasteiger partial charge in [0, 0.05) is 23.8 Å². The van der Waals surface area contributed by atoms with E-state index in [0.29, 0.717) is 6.04 Å². The Kier molecular flexibility index (Phi) is 4.26. The summed E-state index contributed by atoms with van der Waals surface area (Å²) in [5.41, 5.74) is 7.76. The van der Waals surface area contributed by atoms with Crippen molar-refractivity contribution in [2.45, 2.75) is 44.7 Å². The maximum absolute atomic E-state index is 5.81. The third kappa shape index (κ3) is 3.37. The first-order valence-electron chi connectivity index (χ1n) is 6.45. The van der Waals surface area contributed by atoms with Gasteiger partial charge in [-0.1, -0.05) is 19.3 Å². The lowest BCUT2D eigenvalue weighted by Gasteiger charge is -2.23. The normalized spacial score (nSPS) is 17.0. The molecule has 1 aromatic rings. The number of nitrogen functional groups attached to an aromatic ring is 1. The summed E-state index contributed by atoms with van der Waals surface area (Å²) < 4.78 is 5.34. The zero-order valence-corrected chi connectivity index (χ0v) is 10.5. The molecule has 2 rings (SSSR count). The van der Waals surface area contributed by atoms with Gasteiger partial charge in [-0.05, 0) is 31.0 Å². The number of nitrogens with two attached hydrogens (primary N) is 1. The average molecular weight is 234 g/mol. The highest BCUT2D eigenvalue weighted by Crippen LogP contribution is 2.22. The quantitative estimate of drug-likeness (QED) is 0.787. The molecule has 1 fully saturated rings. The zero-order chi connectivity index (χ0) is 12.1. The van der Waals surface area contributed by atoms with E-state index >= 15 is 0 Å². The van der Waals surface area contributed by atoms with Crippen molar-refractivity contribution in [3.63, 3.8) is 0 Å². The molecule has 17 heavy (non-hydrogen) atoms. The monoisotopic (exact) mass is 234 g/mol. The summed E-state index contributed by atoms with van der Waals surface area (Å²) in [4.78, 5) is 0. The third-order valence-corrected chi connectivity index (χ3v) is 3.49. The molecule has 1 saturated carbocycles. The van der Waals surface area contributed by atoms with E-state index in [0.717, 1.165) is 23.5 Å². The fourth-order valence-electron chi connectivity index (χ4n) is 2.50. The van der Waals surface area contributed by atoms with Gasteiger partial charge in [0.25, 0.3) is 0 Å². The van der Waals surface area contributed by atoms with Crippen LogP contribution in [0.5, 0.6) is 5.75 Å². The van der Waals surface area contributed by atoms with Crippen LogP contribution >= 0.6 is 0 Å². The lowest BCUT2D eigenvalue weighted by atomic mass is 9.95. The first-order valence-corrected chi connectivity index (χ1v) is 6.45. The van der Waals surface area contributed by atoms with Gasteiger partial charge in [-0.25, -0.2) is 0 Å². The Morgan fingerprint density at radius 1 is 1.29 bits per heavy atom. The van der Waals surface area contributed by atoms with Gasteiger partial charge >= 0.3 is 0 Å². The minimum atomic E-state index is 0.662. The molecule has 0 aromatic heterocycles. The van der Waals surface area contributed by atoms with E-state index in [9.17, 15) is 0 Å².